The lowest BCUT2D eigenvalue weighted by Crippen LogP contribution is -2.33. The molecule has 1 atom stereocenters. The third-order valence-corrected chi connectivity index (χ3v) is 5.49. The van der Waals surface area contributed by atoms with Crippen molar-refractivity contribution in [3.8, 4) is 17.2 Å². The van der Waals surface area contributed by atoms with Gasteiger partial charge in [0.15, 0.2) is 11.5 Å². The quantitative estimate of drug-likeness (QED) is 0.467. The Morgan fingerprint density at radius 1 is 1.06 bits per heavy atom. The molecule has 1 unspecified atom stereocenters. The zero-order chi connectivity index (χ0) is 23.0. The van der Waals surface area contributed by atoms with Crippen molar-refractivity contribution in [3.05, 3.63) is 82.9 Å². The molecule has 0 radical (unpaired) electrons. The monoisotopic (exact) mass is 466 g/mol. The van der Waals surface area contributed by atoms with Crippen LogP contribution in [0.2, 0.25) is 5.02 Å². The first-order chi connectivity index (χ1) is 16.2. The van der Waals surface area contributed by atoms with Crippen molar-refractivity contribution in [2.75, 3.05) is 25.1 Å². The molecular weight excluding hydrogens is 440 g/mol. The SMILES string of the molecule is CCOc1ccccc1NC(=O)C(NCc1cc(Cl)c2c(c1)OCCCO2)c1ccccc1. The normalized spacial score (nSPS) is 13.6. The standard InChI is InChI=1S/C26H27ClN2O4/c1-2-31-22-12-7-6-11-21(22)29-26(30)24(19-9-4-3-5-10-19)28-17-18-15-20(27)25-23(16-18)32-13-8-14-33-25/h3-7,9-12,15-16,24,28H,2,8,13-14,17H2,1H3,(H,29,30). The topological polar surface area (TPSA) is 68.8 Å². The summed E-state index contributed by atoms with van der Waals surface area (Å²) >= 11 is 6.44. The maximum Gasteiger partial charge on any atom is 0.246 e. The van der Waals surface area contributed by atoms with Crippen molar-refractivity contribution in [2.24, 2.45) is 0 Å². The first kappa shape index (κ1) is 23.0. The zero-order valence-corrected chi connectivity index (χ0v) is 19.2. The molecule has 0 aliphatic carbocycles. The summed E-state index contributed by atoms with van der Waals surface area (Å²) in [4.78, 5) is 13.3. The second-order valence-corrected chi connectivity index (χ2v) is 8.01. The first-order valence-corrected chi connectivity index (χ1v) is 11.4. The number of carbonyl (C=O) groups is 1. The first-order valence-electron chi connectivity index (χ1n) is 11.0. The summed E-state index contributed by atoms with van der Waals surface area (Å²) in [6.45, 7) is 3.99. The zero-order valence-electron chi connectivity index (χ0n) is 18.5. The highest BCUT2D eigenvalue weighted by Gasteiger charge is 2.22. The summed E-state index contributed by atoms with van der Waals surface area (Å²) in [5.41, 5.74) is 2.38. The van der Waals surface area contributed by atoms with Crippen molar-refractivity contribution in [1.29, 1.82) is 0 Å². The number of carbonyl (C=O) groups excluding carboxylic acids is 1. The van der Waals surface area contributed by atoms with Crippen molar-refractivity contribution in [1.82, 2.24) is 5.32 Å². The maximum absolute atomic E-state index is 13.3. The second kappa shape index (κ2) is 11.1. The smallest absolute Gasteiger partial charge is 0.246 e. The Balaban J connectivity index is 1.54. The van der Waals surface area contributed by atoms with Gasteiger partial charge in [0, 0.05) is 13.0 Å². The van der Waals surface area contributed by atoms with Crippen molar-refractivity contribution in [3.63, 3.8) is 0 Å². The van der Waals surface area contributed by atoms with E-state index in [1.54, 1.807) is 0 Å². The molecule has 0 bridgehead atoms. The van der Waals surface area contributed by atoms with Crippen LogP contribution in [0.1, 0.15) is 30.5 Å². The predicted molar refractivity (Wildman–Crippen MR) is 129 cm³/mol. The van der Waals surface area contributed by atoms with Crippen LogP contribution in [0.5, 0.6) is 17.2 Å². The van der Waals surface area contributed by atoms with Gasteiger partial charge < -0.3 is 19.5 Å². The van der Waals surface area contributed by atoms with Gasteiger partial charge in [-0.15, -0.1) is 0 Å². The van der Waals surface area contributed by atoms with E-state index in [0.717, 1.165) is 17.5 Å². The van der Waals surface area contributed by atoms with E-state index in [1.807, 2.05) is 73.7 Å². The van der Waals surface area contributed by atoms with Gasteiger partial charge in [0.05, 0.1) is 30.5 Å². The fraction of sp³-hybridized carbons (Fsp3) is 0.269. The van der Waals surface area contributed by atoms with Gasteiger partial charge in [0.25, 0.3) is 0 Å². The molecule has 1 amide bonds. The van der Waals surface area contributed by atoms with Gasteiger partial charge in [-0.05, 0) is 42.3 Å². The Kier molecular flexibility index (Phi) is 7.70. The fourth-order valence-corrected chi connectivity index (χ4v) is 3.96. The molecular formula is C26H27ClN2O4. The molecule has 4 rings (SSSR count). The Bertz CT molecular complexity index is 1090. The van der Waals surface area contributed by atoms with Crippen LogP contribution in [0.3, 0.4) is 0 Å². The van der Waals surface area contributed by atoms with Crippen LogP contribution < -0.4 is 24.8 Å². The molecule has 0 fully saturated rings. The minimum absolute atomic E-state index is 0.186. The van der Waals surface area contributed by atoms with Crippen LogP contribution in [-0.4, -0.2) is 25.7 Å². The van der Waals surface area contributed by atoms with Crippen LogP contribution in [0.4, 0.5) is 5.69 Å². The van der Waals surface area contributed by atoms with E-state index in [1.165, 1.54) is 0 Å². The molecule has 7 heteroatoms. The summed E-state index contributed by atoms with van der Waals surface area (Å²) < 4.78 is 17.2. The number of fused-ring (bicyclic) bond motifs is 1. The molecule has 1 heterocycles. The number of anilines is 1. The Hall–Kier alpha value is -3.22. The van der Waals surface area contributed by atoms with E-state index in [-0.39, 0.29) is 5.91 Å². The van der Waals surface area contributed by atoms with Crippen LogP contribution >= 0.6 is 11.6 Å². The molecule has 3 aromatic carbocycles. The third-order valence-electron chi connectivity index (χ3n) is 5.21. The number of amides is 1. The van der Waals surface area contributed by atoms with Gasteiger partial charge in [0.2, 0.25) is 5.91 Å². The lowest BCUT2D eigenvalue weighted by Gasteiger charge is -2.20. The summed E-state index contributed by atoms with van der Waals surface area (Å²) in [6.07, 6.45) is 0.804. The Morgan fingerprint density at radius 3 is 2.64 bits per heavy atom. The van der Waals surface area contributed by atoms with Crippen molar-refractivity contribution >= 4 is 23.2 Å². The van der Waals surface area contributed by atoms with Crippen molar-refractivity contribution in [2.45, 2.75) is 25.9 Å². The number of nitrogens with one attached hydrogen (secondary N) is 2. The van der Waals surface area contributed by atoms with Crippen molar-refractivity contribution < 1.29 is 19.0 Å². The van der Waals surface area contributed by atoms with E-state index in [9.17, 15) is 4.79 Å². The number of rotatable bonds is 8. The van der Waals surface area contributed by atoms with Gasteiger partial charge in [-0.1, -0.05) is 54.1 Å². The molecule has 6 nitrogen and oxygen atoms in total. The largest absolute Gasteiger partial charge is 0.492 e. The molecule has 0 saturated heterocycles. The number of hydrogen-bond acceptors (Lipinski definition) is 5. The highest BCUT2D eigenvalue weighted by molar-refractivity contribution is 6.32. The molecule has 33 heavy (non-hydrogen) atoms. The summed E-state index contributed by atoms with van der Waals surface area (Å²) in [6, 6.07) is 20.2. The summed E-state index contributed by atoms with van der Waals surface area (Å²) in [5, 5.41) is 6.87. The van der Waals surface area contributed by atoms with Gasteiger partial charge in [-0.2, -0.15) is 0 Å². The molecule has 2 N–H and O–H groups in total. The number of hydrogen-bond donors (Lipinski definition) is 2. The van der Waals surface area contributed by atoms with E-state index in [0.29, 0.717) is 54.3 Å². The van der Waals surface area contributed by atoms with E-state index in [4.69, 9.17) is 25.8 Å². The van der Waals surface area contributed by atoms with E-state index < -0.39 is 6.04 Å². The minimum Gasteiger partial charge on any atom is -0.492 e. The second-order valence-electron chi connectivity index (χ2n) is 7.60. The average Bonchev–Trinajstić information content (AvgIpc) is 3.07. The van der Waals surface area contributed by atoms with Crippen LogP contribution in [0.15, 0.2) is 66.7 Å². The molecule has 1 aliphatic rings. The van der Waals surface area contributed by atoms with Crippen LogP contribution in [0, 0.1) is 0 Å². The number of ether oxygens (including phenoxy) is 3. The number of benzene rings is 3. The lowest BCUT2D eigenvalue weighted by atomic mass is 10.1. The number of para-hydroxylation sites is 2. The predicted octanol–water partition coefficient (Wildman–Crippen LogP) is 5.37. The molecule has 0 spiro atoms. The molecule has 0 aromatic heterocycles. The van der Waals surface area contributed by atoms with Gasteiger partial charge in [0.1, 0.15) is 11.8 Å². The lowest BCUT2D eigenvalue weighted by molar-refractivity contribution is -0.118. The number of halogens is 1. The van der Waals surface area contributed by atoms with E-state index in [2.05, 4.69) is 10.6 Å². The third kappa shape index (κ3) is 5.78. The molecule has 172 valence electrons. The van der Waals surface area contributed by atoms with Crippen LogP contribution in [0.25, 0.3) is 0 Å². The molecule has 0 saturated carbocycles. The Labute approximate surface area is 198 Å². The van der Waals surface area contributed by atoms with Crippen LogP contribution in [-0.2, 0) is 11.3 Å². The highest BCUT2D eigenvalue weighted by Crippen LogP contribution is 2.38. The van der Waals surface area contributed by atoms with Gasteiger partial charge in [-0.3, -0.25) is 10.1 Å². The average molecular weight is 467 g/mol. The fourth-order valence-electron chi connectivity index (χ4n) is 3.67. The maximum atomic E-state index is 13.3. The highest BCUT2D eigenvalue weighted by atomic mass is 35.5. The van der Waals surface area contributed by atoms with Gasteiger partial charge >= 0.3 is 0 Å². The summed E-state index contributed by atoms with van der Waals surface area (Å²) in [5.74, 6) is 1.65. The molecule has 3 aromatic rings. The summed E-state index contributed by atoms with van der Waals surface area (Å²) in [7, 11) is 0. The van der Waals surface area contributed by atoms with Gasteiger partial charge in [-0.25, -0.2) is 0 Å². The Morgan fingerprint density at radius 2 is 1.82 bits per heavy atom. The minimum atomic E-state index is -0.587. The molecule has 1 aliphatic heterocycles. The van der Waals surface area contributed by atoms with E-state index >= 15 is 0 Å².